The summed E-state index contributed by atoms with van der Waals surface area (Å²) in [6.45, 7) is 11.5. The third-order valence-corrected chi connectivity index (χ3v) is 7.78. The summed E-state index contributed by atoms with van der Waals surface area (Å²) in [5.41, 5.74) is 0.126. The minimum absolute atomic E-state index is 0.126. The lowest BCUT2D eigenvalue weighted by molar-refractivity contribution is -0.0835. The zero-order valence-electron chi connectivity index (χ0n) is 18.3. The van der Waals surface area contributed by atoms with Crippen LogP contribution < -0.4 is 10.6 Å². The molecule has 2 fully saturated rings. The first kappa shape index (κ1) is 23.4. The number of guanidine groups is 1. The van der Waals surface area contributed by atoms with Gasteiger partial charge in [-0.05, 0) is 37.5 Å². The van der Waals surface area contributed by atoms with Gasteiger partial charge < -0.3 is 15.4 Å². The van der Waals surface area contributed by atoms with Crippen molar-refractivity contribution in [3.63, 3.8) is 0 Å². The fourth-order valence-corrected chi connectivity index (χ4v) is 5.83. The predicted molar refractivity (Wildman–Crippen MR) is 115 cm³/mol. The Kier molecular flexibility index (Phi) is 8.58. The molecule has 2 rings (SSSR count). The molecule has 0 bridgehead atoms. The van der Waals surface area contributed by atoms with Gasteiger partial charge in [-0.3, -0.25) is 4.99 Å². The molecule has 0 spiro atoms. The molecule has 2 N–H and O–H groups in total. The number of ether oxygens (including phenoxy) is 1. The molecule has 0 saturated carbocycles. The van der Waals surface area contributed by atoms with Gasteiger partial charge in [0, 0.05) is 45.2 Å². The zero-order valence-corrected chi connectivity index (χ0v) is 19.1. The molecule has 0 aromatic rings. The molecule has 28 heavy (non-hydrogen) atoms. The Morgan fingerprint density at radius 3 is 2.46 bits per heavy atom. The summed E-state index contributed by atoms with van der Waals surface area (Å²) in [4.78, 5) is 4.37. The molecule has 2 aliphatic rings. The SMILES string of the molecule is CCCS(=O)(=O)N1CCC(NC(=NC)NCC2CCCOC2C(C)(C)C)CC1. The van der Waals surface area contributed by atoms with Gasteiger partial charge in [-0.25, -0.2) is 12.7 Å². The van der Waals surface area contributed by atoms with E-state index >= 15 is 0 Å². The summed E-state index contributed by atoms with van der Waals surface area (Å²) >= 11 is 0. The van der Waals surface area contributed by atoms with Crippen LogP contribution in [0.5, 0.6) is 0 Å². The second-order valence-corrected chi connectivity index (χ2v) is 11.2. The number of nitrogens with one attached hydrogen (secondary N) is 2. The number of piperidine rings is 1. The van der Waals surface area contributed by atoms with E-state index in [0.717, 1.165) is 38.4 Å². The van der Waals surface area contributed by atoms with Crippen LogP contribution in [0, 0.1) is 11.3 Å². The molecule has 2 heterocycles. The van der Waals surface area contributed by atoms with E-state index in [9.17, 15) is 8.42 Å². The lowest BCUT2D eigenvalue weighted by Crippen LogP contribution is -2.52. The van der Waals surface area contributed by atoms with E-state index in [0.29, 0.717) is 25.4 Å². The molecule has 164 valence electrons. The molecule has 7 nitrogen and oxygen atoms in total. The molecule has 2 unspecified atom stereocenters. The number of aliphatic imine (C=N–C) groups is 1. The van der Waals surface area contributed by atoms with E-state index in [1.54, 1.807) is 11.4 Å². The van der Waals surface area contributed by atoms with Crippen molar-refractivity contribution in [3.8, 4) is 0 Å². The number of nitrogens with zero attached hydrogens (tertiary/aromatic N) is 2. The lowest BCUT2D eigenvalue weighted by atomic mass is 9.78. The van der Waals surface area contributed by atoms with Gasteiger partial charge in [-0.2, -0.15) is 0 Å². The van der Waals surface area contributed by atoms with Crippen molar-refractivity contribution in [2.75, 3.05) is 39.0 Å². The van der Waals surface area contributed by atoms with Crippen molar-refractivity contribution >= 4 is 16.0 Å². The summed E-state index contributed by atoms with van der Waals surface area (Å²) in [7, 11) is -1.30. The molecule has 0 aromatic carbocycles. The number of hydrogen-bond acceptors (Lipinski definition) is 4. The summed E-state index contributed by atoms with van der Waals surface area (Å²) < 4.78 is 32.1. The zero-order chi connectivity index (χ0) is 20.8. The number of hydrogen-bond donors (Lipinski definition) is 2. The first-order valence-electron chi connectivity index (χ1n) is 10.7. The summed E-state index contributed by atoms with van der Waals surface area (Å²) in [6.07, 6.45) is 4.80. The molecule has 0 radical (unpaired) electrons. The third kappa shape index (κ3) is 6.59. The highest BCUT2D eigenvalue weighted by atomic mass is 32.2. The van der Waals surface area contributed by atoms with Crippen LogP contribution in [-0.4, -0.2) is 69.9 Å². The Labute approximate surface area is 171 Å². The predicted octanol–water partition coefficient (Wildman–Crippen LogP) is 2.20. The van der Waals surface area contributed by atoms with Crippen LogP contribution in [0.1, 0.15) is 59.8 Å². The number of rotatable bonds is 6. The molecule has 0 aliphatic carbocycles. The summed E-state index contributed by atoms with van der Waals surface area (Å²) in [6, 6.07) is 0.250. The molecular weight excluding hydrogens is 376 g/mol. The summed E-state index contributed by atoms with van der Waals surface area (Å²) in [5, 5.41) is 6.96. The highest BCUT2D eigenvalue weighted by molar-refractivity contribution is 7.89. The van der Waals surface area contributed by atoms with Crippen molar-refractivity contribution in [2.24, 2.45) is 16.3 Å². The quantitative estimate of drug-likeness (QED) is 0.512. The van der Waals surface area contributed by atoms with Gasteiger partial charge in [-0.15, -0.1) is 0 Å². The van der Waals surface area contributed by atoms with E-state index in [2.05, 4.69) is 36.4 Å². The van der Waals surface area contributed by atoms with E-state index < -0.39 is 10.0 Å². The Balaban J connectivity index is 1.82. The van der Waals surface area contributed by atoms with Gasteiger partial charge in [0.1, 0.15) is 0 Å². The second kappa shape index (κ2) is 10.3. The molecular formula is C20H40N4O3S. The number of sulfonamides is 1. The van der Waals surface area contributed by atoms with Crippen LogP contribution in [0.15, 0.2) is 4.99 Å². The maximum atomic E-state index is 12.2. The van der Waals surface area contributed by atoms with Crippen LogP contribution in [0.2, 0.25) is 0 Å². The van der Waals surface area contributed by atoms with Crippen LogP contribution in [-0.2, 0) is 14.8 Å². The van der Waals surface area contributed by atoms with Crippen molar-refractivity contribution in [2.45, 2.75) is 71.9 Å². The molecule has 8 heteroatoms. The van der Waals surface area contributed by atoms with Crippen molar-refractivity contribution in [1.29, 1.82) is 0 Å². The van der Waals surface area contributed by atoms with Gasteiger partial charge in [0.25, 0.3) is 0 Å². The van der Waals surface area contributed by atoms with E-state index in [1.807, 2.05) is 6.92 Å². The maximum absolute atomic E-state index is 12.2. The lowest BCUT2D eigenvalue weighted by Gasteiger charge is -2.40. The Morgan fingerprint density at radius 2 is 1.89 bits per heavy atom. The molecule has 2 atom stereocenters. The van der Waals surface area contributed by atoms with Gasteiger partial charge in [0.15, 0.2) is 5.96 Å². The van der Waals surface area contributed by atoms with Crippen LogP contribution >= 0.6 is 0 Å². The third-order valence-electron chi connectivity index (χ3n) is 5.70. The Morgan fingerprint density at radius 1 is 1.21 bits per heavy atom. The highest BCUT2D eigenvalue weighted by Crippen LogP contribution is 2.33. The molecule has 0 amide bonds. The second-order valence-electron chi connectivity index (χ2n) is 9.15. The topological polar surface area (TPSA) is 83.0 Å². The average molecular weight is 417 g/mol. The average Bonchev–Trinajstić information content (AvgIpc) is 2.65. The molecule has 2 aliphatic heterocycles. The molecule has 0 aromatic heterocycles. The highest BCUT2D eigenvalue weighted by Gasteiger charge is 2.35. The van der Waals surface area contributed by atoms with Crippen LogP contribution in [0.25, 0.3) is 0 Å². The van der Waals surface area contributed by atoms with Gasteiger partial charge in [-0.1, -0.05) is 27.7 Å². The van der Waals surface area contributed by atoms with Gasteiger partial charge in [0.05, 0.1) is 11.9 Å². The fourth-order valence-electron chi connectivity index (χ4n) is 4.29. The van der Waals surface area contributed by atoms with Crippen LogP contribution in [0.4, 0.5) is 0 Å². The Bertz CT molecular complexity index is 607. The first-order valence-corrected chi connectivity index (χ1v) is 12.3. The summed E-state index contributed by atoms with van der Waals surface area (Å²) in [5.74, 6) is 1.51. The van der Waals surface area contributed by atoms with E-state index in [4.69, 9.17) is 4.74 Å². The minimum Gasteiger partial charge on any atom is -0.377 e. The monoisotopic (exact) mass is 416 g/mol. The van der Waals surface area contributed by atoms with E-state index in [-0.39, 0.29) is 23.3 Å². The Hall–Kier alpha value is -0.860. The smallest absolute Gasteiger partial charge is 0.214 e. The van der Waals surface area contributed by atoms with Crippen molar-refractivity contribution in [3.05, 3.63) is 0 Å². The van der Waals surface area contributed by atoms with Crippen molar-refractivity contribution in [1.82, 2.24) is 14.9 Å². The van der Waals surface area contributed by atoms with Crippen molar-refractivity contribution < 1.29 is 13.2 Å². The first-order chi connectivity index (χ1) is 13.2. The van der Waals surface area contributed by atoms with Gasteiger partial charge >= 0.3 is 0 Å². The maximum Gasteiger partial charge on any atom is 0.214 e. The van der Waals surface area contributed by atoms with Crippen LogP contribution in [0.3, 0.4) is 0 Å². The van der Waals surface area contributed by atoms with Gasteiger partial charge in [0.2, 0.25) is 10.0 Å². The molecule has 2 saturated heterocycles. The fraction of sp³-hybridized carbons (Fsp3) is 0.950. The minimum atomic E-state index is -3.09. The standard InChI is InChI=1S/C20H40N4O3S/c1-6-14-28(25,26)24-11-9-17(10-12-24)23-19(21-5)22-15-16-8-7-13-27-18(16)20(2,3)4/h16-18H,6-15H2,1-5H3,(H2,21,22,23). The normalized spacial score (nSPS) is 26.2. The largest absolute Gasteiger partial charge is 0.377 e. The van der Waals surface area contributed by atoms with E-state index in [1.165, 1.54) is 6.42 Å².